The summed E-state index contributed by atoms with van der Waals surface area (Å²) in [5, 5.41) is 0. The van der Waals surface area contributed by atoms with Crippen LogP contribution < -0.4 is 4.74 Å². The van der Waals surface area contributed by atoms with Gasteiger partial charge in [-0.2, -0.15) is 0 Å². The first-order valence-electron chi connectivity index (χ1n) is 8.00. The van der Waals surface area contributed by atoms with Gasteiger partial charge in [-0.1, -0.05) is 24.3 Å². The Morgan fingerprint density at radius 1 is 1.12 bits per heavy atom. The highest BCUT2D eigenvalue weighted by molar-refractivity contribution is 5.70. The molecule has 1 heterocycles. The standard InChI is InChI=1S/C20H26NO3/c1-16-13-18(11-12-21(2)14-16)6-5-17-7-9-19(10-8-17)24-15-20(22-3)23-4/h5-12,14,20H,13,15H2,1-4H3/q+1/b6-5+. The van der Waals surface area contributed by atoms with E-state index in [1.54, 1.807) is 14.2 Å². The molecular formula is C20H26NO3+. The van der Waals surface area contributed by atoms with E-state index in [2.05, 4.69) is 42.1 Å². The quantitative estimate of drug-likeness (QED) is 0.565. The lowest BCUT2D eigenvalue weighted by Crippen LogP contribution is -2.21. The van der Waals surface area contributed by atoms with Crippen molar-refractivity contribution in [2.45, 2.75) is 19.6 Å². The molecule has 0 bridgehead atoms. The number of hydrogen-bond donors (Lipinski definition) is 0. The second-order valence-electron chi connectivity index (χ2n) is 5.82. The Morgan fingerprint density at radius 3 is 2.50 bits per heavy atom. The lowest BCUT2D eigenvalue weighted by atomic mass is 10.1. The second kappa shape index (κ2) is 9.21. The van der Waals surface area contributed by atoms with Crippen LogP contribution in [0, 0.1) is 0 Å². The Balaban J connectivity index is 1.95. The second-order valence-corrected chi connectivity index (χ2v) is 5.82. The average Bonchev–Trinajstić information content (AvgIpc) is 2.75. The Morgan fingerprint density at radius 2 is 1.83 bits per heavy atom. The minimum atomic E-state index is -0.350. The van der Waals surface area contributed by atoms with Gasteiger partial charge in [0, 0.05) is 20.3 Å². The Hall–Kier alpha value is -2.17. The van der Waals surface area contributed by atoms with E-state index in [1.807, 2.05) is 31.3 Å². The molecule has 0 aliphatic carbocycles. The summed E-state index contributed by atoms with van der Waals surface area (Å²) < 4.78 is 17.9. The summed E-state index contributed by atoms with van der Waals surface area (Å²) in [6.07, 6.45) is 11.3. The maximum Gasteiger partial charge on any atom is 0.191 e. The van der Waals surface area contributed by atoms with Crippen molar-refractivity contribution in [2.75, 3.05) is 27.9 Å². The molecule has 1 aromatic rings. The minimum absolute atomic E-state index is 0.350. The first-order valence-corrected chi connectivity index (χ1v) is 8.00. The molecule has 0 spiro atoms. The fourth-order valence-electron chi connectivity index (χ4n) is 2.42. The number of allylic oxidation sites excluding steroid dienone is 4. The lowest BCUT2D eigenvalue weighted by molar-refractivity contribution is -0.416. The summed E-state index contributed by atoms with van der Waals surface area (Å²) in [6, 6.07) is 7.98. The van der Waals surface area contributed by atoms with E-state index in [0.29, 0.717) is 6.61 Å². The van der Waals surface area contributed by atoms with E-state index in [-0.39, 0.29) is 6.29 Å². The molecule has 0 aromatic heterocycles. The number of benzene rings is 1. The van der Waals surface area contributed by atoms with Crippen molar-refractivity contribution in [1.82, 2.24) is 0 Å². The summed E-state index contributed by atoms with van der Waals surface area (Å²) in [5.41, 5.74) is 3.77. The van der Waals surface area contributed by atoms with Gasteiger partial charge in [0.05, 0.1) is 0 Å². The van der Waals surface area contributed by atoms with Crippen molar-refractivity contribution in [1.29, 1.82) is 0 Å². The van der Waals surface area contributed by atoms with Crippen molar-refractivity contribution in [2.24, 2.45) is 0 Å². The van der Waals surface area contributed by atoms with Crippen LogP contribution in [0.2, 0.25) is 0 Å². The molecular weight excluding hydrogens is 302 g/mol. The molecule has 0 saturated carbocycles. The summed E-state index contributed by atoms with van der Waals surface area (Å²) >= 11 is 0. The number of nitrogens with zero attached hydrogens (tertiary/aromatic N) is 1. The zero-order chi connectivity index (χ0) is 17.4. The first kappa shape index (κ1) is 18.2. The number of hydrogen-bond acceptors (Lipinski definition) is 3. The van der Waals surface area contributed by atoms with E-state index in [0.717, 1.165) is 17.7 Å². The van der Waals surface area contributed by atoms with E-state index in [4.69, 9.17) is 14.2 Å². The number of rotatable bonds is 7. The van der Waals surface area contributed by atoms with Gasteiger partial charge in [0.25, 0.3) is 0 Å². The van der Waals surface area contributed by atoms with E-state index >= 15 is 0 Å². The molecule has 0 saturated heterocycles. The molecule has 0 atom stereocenters. The molecule has 0 radical (unpaired) electrons. The molecule has 1 aromatic carbocycles. The molecule has 0 fully saturated rings. The van der Waals surface area contributed by atoms with E-state index in [9.17, 15) is 0 Å². The minimum Gasteiger partial charge on any atom is -0.488 e. The van der Waals surface area contributed by atoms with Gasteiger partial charge >= 0.3 is 0 Å². The van der Waals surface area contributed by atoms with Crippen molar-refractivity contribution < 1.29 is 18.8 Å². The molecule has 4 nitrogen and oxygen atoms in total. The van der Waals surface area contributed by atoms with Crippen LogP contribution in [0.1, 0.15) is 18.9 Å². The first-order chi connectivity index (χ1) is 11.6. The van der Waals surface area contributed by atoms with Crippen LogP contribution in [0.4, 0.5) is 0 Å². The van der Waals surface area contributed by atoms with Crippen LogP contribution in [-0.2, 0) is 9.47 Å². The predicted molar refractivity (Wildman–Crippen MR) is 97.5 cm³/mol. The third kappa shape index (κ3) is 5.80. The number of ether oxygens (including phenoxy) is 3. The van der Waals surface area contributed by atoms with Crippen LogP contribution in [0.5, 0.6) is 5.75 Å². The molecule has 24 heavy (non-hydrogen) atoms. The van der Waals surface area contributed by atoms with Crippen LogP contribution in [0.3, 0.4) is 0 Å². The molecule has 0 unspecified atom stereocenters. The van der Waals surface area contributed by atoms with Crippen LogP contribution in [0.15, 0.2) is 53.8 Å². The highest BCUT2D eigenvalue weighted by atomic mass is 16.7. The smallest absolute Gasteiger partial charge is 0.191 e. The highest BCUT2D eigenvalue weighted by Crippen LogP contribution is 2.17. The Kier molecular flexibility index (Phi) is 6.97. The molecule has 0 amide bonds. The molecule has 128 valence electrons. The van der Waals surface area contributed by atoms with Gasteiger partial charge in [0.15, 0.2) is 18.7 Å². The van der Waals surface area contributed by atoms with Crippen molar-refractivity contribution in [3.63, 3.8) is 0 Å². The summed E-state index contributed by atoms with van der Waals surface area (Å²) in [4.78, 5) is 0. The predicted octanol–water partition coefficient (Wildman–Crippen LogP) is 3.64. The third-order valence-corrected chi connectivity index (χ3v) is 3.71. The van der Waals surface area contributed by atoms with Gasteiger partial charge in [-0.25, -0.2) is 4.58 Å². The zero-order valence-corrected chi connectivity index (χ0v) is 14.9. The highest BCUT2D eigenvalue weighted by Gasteiger charge is 2.06. The fourth-order valence-corrected chi connectivity index (χ4v) is 2.42. The summed E-state index contributed by atoms with van der Waals surface area (Å²) in [6.45, 7) is 2.51. The van der Waals surface area contributed by atoms with Gasteiger partial charge in [-0.15, -0.1) is 0 Å². The monoisotopic (exact) mass is 328 g/mol. The summed E-state index contributed by atoms with van der Waals surface area (Å²) in [5.74, 6) is 0.800. The topological polar surface area (TPSA) is 30.7 Å². The van der Waals surface area contributed by atoms with Crippen LogP contribution >= 0.6 is 0 Å². The van der Waals surface area contributed by atoms with Crippen molar-refractivity contribution in [3.8, 4) is 5.75 Å². The fraction of sp³-hybridized carbons (Fsp3) is 0.350. The Bertz CT molecular complexity index is 650. The van der Waals surface area contributed by atoms with Crippen LogP contribution in [0.25, 0.3) is 6.08 Å². The van der Waals surface area contributed by atoms with Crippen molar-refractivity contribution >= 4 is 12.3 Å². The van der Waals surface area contributed by atoms with Gasteiger partial charge in [0.2, 0.25) is 0 Å². The van der Waals surface area contributed by atoms with Gasteiger partial charge in [-0.05, 0) is 42.2 Å². The zero-order valence-electron chi connectivity index (χ0n) is 14.9. The average molecular weight is 328 g/mol. The Labute approximate surface area is 144 Å². The summed E-state index contributed by atoms with van der Waals surface area (Å²) in [7, 11) is 5.24. The molecule has 1 aliphatic heterocycles. The number of methoxy groups -OCH3 is 2. The molecule has 2 rings (SSSR count). The molecule has 4 heteroatoms. The van der Waals surface area contributed by atoms with E-state index < -0.39 is 0 Å². The SMILES string of the molecule is COC(COc1ccc(/C=C/C2=CC=[N+](C)C=C(C)C2)cc1)OC. The maximum absolute atomic E-state index is 5.64. The maximum atomic E-state index is 5.64. The van der Waals surface area contributed by atoms with Gasteiger partial charge in [-0.3, -0.25) is 0 Å². The lowest BCUT2D eigenvalue weighted by Gasteiger charge is -2.14. The third-order valence-electron chi connectivity index (χ3n) is 3.71. The van der Waals surface area contributed by atoms with Gasteiger partial charge in [0.1, 0.15) is 19.4 Å². The van der Waals surface area contributed by atoms with Gasteiger partial charge < -0.3 is 14.2 Å². The van der Waals surface area contributed by atoms with E-state index in [1.165, 1.54) is 11.1 Å². The largest absolute Gasteiger partial charge is 0.488 e. The molecule has 0 N–H and O–H groups in total. The normalized spacial score (nSPS) is 15.1. The molecule has 1 aliphatic rings. The van der Waals surface area contributed by atoms with Crippen LogP contribution in [-0.4, -0.2) is 45.0 Å². The van der Waals surface area contributed by atoms with Crippen molar-refractivity contribution in [3.05, 3.63) is 59.3 Å².